The standard InChI is InChI=1S/C21H22F3N3O3/c1-14(28)15-3-2-4-17(11-15)25-13-20(29)26-18-12-16(21(22,23)24)5-6-19(18)27-7-9-30-10-8-27/h2-6,11-12,25H,7-10,13H2,1H3,(H,26,29). The first-order valence-corrected chi connectivity index (χ1v) is 9.43. The lowest BCUT2D eigenvalue weighted by Gasteiger charge is -2.31. The SMILES string of the molecule is CC(=O)c1cccc(NCC(=O)Nc2cc(C(F)(F)F)ccc2N2CCOCC2)c1. The van der Waals surface area contributed by atoms with E-state index in [1.165, 1.54) is 13.0 Å². The first-order valence-electron chi connectivity index (χ1n) is 9.43. The van der Waals surface area contributed by atoms with Gasteiger partial charge in [-0.15, -0.1) is 0 Å². The number of amides is 1. The number of carbonyl (C=O) groups excluding carboxylic acids is 2. The molecule has 3 rings (SSSR count). The van der Waals surface area contributed by atoms with E-state index < -0.39 is 17.6 Å². The van der Waals surface area contributed by atoms with Crippen molar-refractivity contribution in [2.75, 3.05) is 48.4 Å². The molecular weight excluding hydrogens is 399 g/mol. The third kappa shape index (κ3) is 5.50. The number of morpholine rings is 1. The lowest BCUT2D eigenvalue weighted by atomic mass is 10.1. The summed E-state index contributed by atoms with van der Waals surface area (Å²) >= 11 is 0. The number of nitrogens with zero attached hydrogens (tertiary/aromatic N) is 1. The Morgan fingerprint density at radius 2 is 1.83 bits per heavy atom. The van der Waals surface area contributed by atoms with E-state index in [9.17, 15) is 22.8 Å². The Morgan fingerprint density at radius 3 is 2.50 bits per heavy atom. The van der Waals surface area contributed by atoms with Crippen LogP contribution in [0.25, 0.3) is 0 Å². The van der Waals surface area contributed by atoms with Gasteiger partial charge in [0.05, 0.1) is 36.7 Å². The summed E-state index contributed by atoms with van der Waals surface area (Å²) in [5.41, 5.74) is 0.828. The van der Waals surface area contributed by atoms with E-state index in [0.29, 0.717) is 43.2 Å². The normalized spacial score (nSPS) is 14.3. The van der Waals surface area contributed by atoms with Gasteiger partial charge in [-0.25, -0.2) is 0 Å². The molecule has 0 radical (unpaired) electrons. The largest absolute Gasteiger partial charge is 0.416 e. The van der Waals surface area contributed by atoms with Crippen molar-refractivity contribution >= 4 is 28.8 Å². The zero-order valence-corrected chi connectivity index (χ0v) is 16.4. The highest BCUT2D eigenvalue weighted by Gasteiger charge is 2.31. The molecule has 0 bridgehead atoms. The van der Waals surface area contributed by atoms with Gasteiger partial charge in [-0.3, -0.25) is 9.59 Å². The van der Waals surface area contributed by atoms with Crippen molar-refractivity contribution in [3.8, 4) is 0 Å². The van der Waals surface area contributed by atoms with Crippen molar-refractivity contribution in [3.05, 3.63) is 53.6 Å². The number of hydrogen-bond donors (Lipinski definition) is 2. The van der Waals surface area contributed by atoms with Gasteiger partial charge < -0.3 is 20.3 Å². The fourth-order valence-electron chi connectivity index (χ4n) is 3.12. The van der Waals surface area contributed by atoms with Crippen LogP contribution in [0.4, 0.5) is 30.2 Å². The highest BCUT2D eigenvalue weighted by atomic mass is 19.4. The summed E-state index contributed by atoms with van der Waals surface area (Å²) in [6.45, 7) is 3.23. The van der Waals surface area contributed by atoms with Crippen molar-refractivity contribution in [3.63, 3.8) is 0 Å². The minimum atomic E-state index is -4.52. The number of hydrogen-bond acceptors (Lipinski definition) is 5. The van der Waals surface area contributed by atoms with Crippen molar-refractivity contribution < 1.29 is 27.5 Å². The molecule has 0 spiro atoms. The maximum atomic E-state index is 13.2. The Bertz CT molecular complexity index is 925. The molecular formula is C21H22F3N3O3. The molecule has 1 fully saturated rings. The quantitative estimate of drug-likeness (QED) is 0.695. The average molecular weight is 421 g/mol. The minimum absolute atomic E-state index is 0.0935. The highest BCUT2D eigenvalue weighted by molar-refractivity contribution is 5.98. The van der Waals surface area contributed by atoms with Crippen LogP contribution in [0, 0.1) is 0 Å². The Kier molecular flexibility index (Phi) is 6.61. The number of rotatable bonds is 6. The molecule has 2 aromatic rings. The molecule has 0 aromatic heterocycles. The number of benzene rings is 2. The Morgan fingerprint density at radius 1 is 1.10 bits per heavy atom. The summed E-state index contributed by atoms with van der Waals surface area (Å²) in [7, 11) is 0. The lowest BCUT2D eigenvalue weighted by Crippen LogP contribution is -2.37. The first kappa shape index (κ1) is 21.6. The number of Topliss-reactive ketones (excluding diaryl/α,β-unsaturated/α-hetero) is 1. The molecule has 1 aliphatic heterocycles. The molecule has 0 saturated carbocycles. The summed E-state index contributed by atoms with van der Waals surface area (Å²) in [5, 5.41) is 5.46. The third-order valence-corrected chi connectivity index (χ3v) is 4.67. The van der Waals surface area contributed by atoms with Crippen molar-refractivity contribution in [2.24, 2.45) is 0 Å². The topological polar surface area (TPSA) is 70.7 Å². The van der Waals surface area contributed by atoms with Gasteiger partial charge in [0.2, 0.25) is 5.91 Å². The number of alkyl halides is 3. The van der Waals surface area contributed by atoms with Gasteiger partial charge in [0.25, 0.3) is 0 Å². The smallest absolute Gasteiger partial charge is 0.378 e. The molecule has 9 heteroatoms. The second-order valence-electron chi connectivity index (χ2n) is 6.87. The van der Waals surface area contributed by atoms with Gasteiger partial charge in [-0.1, -0.05) is 12.1 Å². The minimum Gasteiger partial charge on any atom is -0.378 e. The summed E-state index contributed by atoms with van der Waals surface area (Å²) in [5.74, 6) is -0.612. The number of anilines is 3. The predicted octanol–water partition coefficient (Wildman–Crippen LogP) is 3.80. The summed E-state index contributed by atoms with van der Waals surface area (Å²) in [4.78, 5) is 25.8. The van der Waals surface area contributed by atoms with Crippen LogP contribution in [-0.2, 0) is 15.7 Å². The average Bonchev–Trinajstić information content (AvgIpc) is 2.72. The molecule has 2 N–H and O–H groups in total. The maximum absolute atomic E-state index is 13.2. The first-order chi connectivity index (χ1) is 14.2. The summed E-state index contributed by atoms with van der Waals surface area (Å²) < 4.78 is 44.8. The van der Waals surface area contributed by atoms with Crippen LogP contribution < -0.4 is 15.5 Å². The molecule has 1 amide bonds. The number of halogens is 3. The zero-order chi connectivity index (χ0) is 21.7. The zero-order valence-electron chi connectivity index (χ0n) is 16.4. The molecule has 1 saturated heterocycles. The van der Waals surface area contributed by atoms with Gasteiger partial charge in [-0.05, 0) is 37.3 Å². The van der Waals surface area contributed by atoms with Gasteiger partial charge in [0.1, 0.15) is 0 Å². The summed E-state index contributed by atoms with van der Waals surface area (Å²) in [6, 6.07) is 9.96. The van der Waals surface area contributed by atoms with E-state index in [1.54, 1.807) is 24.3 Å². The molecule has 1 heterocycles. The molecule has 1 aliphatic rings. The van der Waals surface area contributed by atoms with E-state index in [2.05, 4.69) is 10.6 Å². The van der Waals surface area contributed by atoms with Crippen molar-refractivity contribution in [1.82, 2.24) is 0 Å². The van der Waals surface area contributed by atoms with E-state index in [4.69, 9.17) is 4.74 Å². The fraction of sp³-hybridized carbons (Fsp3) is 0.333. The molecule has 0 aliphatic carbocycles. The van der Waals surface area contributed by atoms with Crippen LogP contribution >= 0.6 is 0 Å². The molecule has 0 unspecified atom stereocenters. The van der Waals surface area contributed by atoms with Crippen molar-refractivity contribution in [1.29, 1.82) is 0 Å². The predicted molar refractivity (Wildman–Crippen MR) is 108 cm³/mol. The van der Waals surface area contributed by atoms with Crippen LogP contribution in [-0.4, -0.2) is 44.5 Å². The monoisotopic (exact) mass is 421 g/mol. The molecule has 6 nitrogen and oxygen atoms in total. The van der Waals surface area contributed by atoms with Crippen LogP contribution in [0.3, 0.4) is 0 Å². The number of carbonyl (C=O) groups is 2. The second kappa shape index (κ2) is 9.17. The molecule has 2 aromatic carbocycles. The van der Waals surface area contributed by atoms with Gasteiger partial charge in [0.15, 0.2) is 5.78 Å². The lowest BCUT2D eigenvalue weighted by molar-refractivity contribution is -0.137. The third-order valence-electron chi connectivity index (χ3n) is 4.67. The fourth-order valence-corrected chi connectivity index (χ4v) is 3.12. The van der Waals surface area contributed by atoms with Gasteiger partial charge in [-0.2, -0.15) is 13.2 Å². The molecule has 160 valence electrons. The Hall–Kier alpha value is -3.07. The molecule has 30 heavy (non-hydrogen) atoms. The van der Waals surface area contributed by atoms with Crippen molar-refractivity contribution in [2.45, 2.75) is 13.1 Å². The van der Waals surface area contributed by atoms with Crippen LogP contribution in [0.5, 0.6) is 0 Å². The van der Waals surface area contributed by atoms with E-state index in [-0.39, 0.29) is 18.0 Å². The van der Waals surface area contributed by atoms with Crippen LogP contribution in [0.1, 0.15) is 22.8 Å². The Balaban J connectivity index is 1.75. The number of nitrogens with one attached hydrogen (secondary N) is 2. The van der Waals surface area contributed by atoms with Gasteiger partial charge >= 0.3 is 6.18 Å². The van der Waals surface area contributed by atoms with Crippen LogP contribution in [0.15, 0.2) is 42.5 Å². The van der Waals surface area contributed by atoms with Gasteiger partial charge in [0, 0.05) is 24.3 Å². The van der Waals surface area contributed by atoms with Crippen LogP contribution in [0.2, 0.25) is 0 Å². The highest BCUT2D eigenvalue weighted by Crippen LogP contribution is 2.35. The van der Waals surface area contributed by atoms with E-state index >= 15 is 0 Å². The summed E-state index contributed by atoms with van der Waals surface area (Å²) in [6.07, 6.45) is -4.52. The second-order valence-corrected chi connectivity index (χ2v) is 6.87. The van der Waals surface area contributed by atoms with E-state index in [1.807, 2.05) is 4.90 Å². The number of ether oxygens (including phenoxy) is 1. The number of ketones is 1. The Labute approximate surface area is 172 Å². The molecule has 0 atom stereocenters. The van der Waals surface area contributed by atoms with E-state index in [0.717, 1.165) is 12.1 Å². The maximum Gasteiger partial charge on any atom is 0.416 e.